The molecule has 126 valence electrons. The van der Waals surface area contributed by atoms with Crippen molar-refractivity contribution in [3.63, 3.8) is 0 Å². The summed E-state index contributed by atoms with van der Waals surface area (Å²) in [7, 11) is 1.47. The molecule has 0 spiro atoms. The summed E-state index contributed by atoms with van der Waals surface area (Å²) in [6.07, 6.45) is 6.14. The molecule has 2 amide bonds. The van der Waals surface area contributed by atoms with E-state index in [0.717, 1.165) is 17.3 Å². The number of amides is 2. The second kappa shape index (κ2) is 10.8. The molecule has 1 saturated carbocycles. The highest BCUT2D eigenvalue weighted by atomic mass is 79.9. The molecule has 0 heterocycles. The van der Waals surface area contributed by atoms with Crippen LogP contribution in [0.1, 0.15) is 42.5 Å². The minimum atomic E-state index is -0.348. The van der Waals surface area contributed by atoms with Crippen LogP contribution >= 0.6 is 15.9 Å². The maximum absolute atomic E-state index is 11.2. The first-order chi connectivity index (χ1) is 11.1. The van der Waals surface area contributed by atoms with Crippen LogP contribution in [0.4, 0.5) is 0 Å². The summed E-state index contributed by atoms with van der Waals surface area (Å²) in [5.41, 5.74) is 4.75. The van der Waals surface area contributed by atoms with Gasteiger partial charge in [0.15, 0.2) is 0 Å². The van der Waals surface area contributed by atoms with Crippen molar-refractivity contribution >= 4 is 34.2 Å². The molecule has 6 nitrogen and oxygen atoms in total. The molecule has 1 aliphatic carbocycles. The number of methoxy groups -OCH3 is 1. The molecule has 1 fully saturated rings. The highest BCUT2D eigenvalue weighted by Gasteiger charge is 2.20. The first kappa shape index (κ1) is 19.2. The first-order valence-electron chi connectivity index (χ1n) is 7.41. The Balaban J connectivity index is 0.000000238. The van der Waals surface area contributed by atoms with Crippen molar-refractivity contribution in [1.82, 2.24) is 10.9 Å². The molecule has 0 atom stereocenters. The number of hydrazine groups is 1. The van der Waals surface area contributed by atoms with Crippen LogP contribution in [-0.2, 0) is 14.3 Å². The van der Waals surface area contributed by atoms with E-state index in [4.69, 9.17) is 0 Å². The summed E-state index contributed by atoms with van der Waals surface area (Å²) in [5, 5.41) is 0. The average molecular weight is 385 g/mol. The second-order valence-corrected chi connectivity index (χ2v) is 6.00. The fraction of sp³-hybridized carbons (Fsp3) is 0.438. The normalized spacial score (nSPS) is 14.0. The van der Waals surface area contributed by atoms with E-state index in [1.54, 1.807) is 24.3 Å². The summed E-state index contributed by atoms with van der Waals surface area (Å²) >= 11 is 3.24. The maximum Gasteiger partial charge on any atom is 0.308 e. The molecule has 0 aromatic heterocycles. The SMILES string of the molecule is COC(=O)C1CCCCC1.O=CNNC(=O)c1ccc(Br)cc1. The van der Waals surface area contributed by atoms with Crippen LogP contribution in [0.3, 0.4) is 0 Å². The van der Waals surface area contributed by atoms with Crippen LogP contribution in [0.25, 0.3) is 0 Å². The number of esters is 1. The van der Waals surface area contributed by atoms with Gasteiger partial charge in [0.1, 0.15) is 0 Å². The van der Waals surface area contributed by atoms with E-state index in [1.807, 2.05) is 0 Å². The molecule has 0 aliphatic heterocycles. The summed E-state index contributed by atoms with van der Waals surface area (Å²) < 4.78 is 5.55. The lowest BCUT2D eigenvalue weighted by atomic mass is 9.89. The van der Waals surface area contributed by atoms with Gasteiger partial charge in [0, 0.05) is 10.0 Å². The van der Waals surface area contributed by atoms with Gasteiger partial charge >= 0.3 is 5.97 Å². The Morgan fingerprint density at radius 3 is 2.30 bits per heavy atom. The number of ether oxygens (including phenoxy) is 1. The van der Waals surface area contributed by atoms with E-state index >= 15 is 0 Å². The van der Waals surface area contributed by atoms with Crippen LogP contribution in [0.2, 0.25) is 0 Å². The minimum absolute atomic E-state index is 0.0142. The van der Waals surface area contributed by atoms with Crippen molar-refractivity contribution in [3.05, 3.63) is 34.3 Å². The Hall–Kier alpha value is -1.89. The monoisotopic (exact) mass is 384 g/mol. The van der Waals surface area contributed by atoms with E-state index in [1.165, 1.54) is 26.4 Å². The Kier molecular flexibility index (Phi) is 8.97. The molecule has 7 heteroatoms. The van der Waals surface area contributed by atoms with E-state index in [9.17, 15) is 14.4 Å². The molecular weight excluding hydrogens is 364 g/mol. The number of carbonyl (C=O) groups is 3. The van der Waals surface area contributed by atoms with Crippen LogP contribution in [-0.4, -0.2) is 25.4 Å². The lowest BCUT2D eigenvalue weighted by molar-refractivity contribution is -0.146. The maximum atomic E-state index is 11.2. The number of carbonyl (C=O) groups excluding carboxylic acids is 3. The van der Waals surface area contributed by atoms with E-state index in [-0.39, 0.29) is 17.8 Å². The van der Waals surface area contributed by atoms with Crippen molar-refractivity contribution in [2.45, 2.75) is 32.1 Å². The fourth-order valence-corrected chi connectivity index (χ4v) is 2.54. The van der Waals surface area contributed by atoms with Gasteiger partial charge in [-0.1, -0.05) is 35.2 Å². The van der Waals surface area contributed by atoms with Crippen molar-refractivity contribution in [2.75, 3.05) is 7.11 Å². The van der Waals surface area contributed by atoms with Gasteiger partial charge < -0.3 is 4.74 Å². The number of rotatable bonds is 4. The number of hydrogen-bond donors (Lipinski definition) is 2. The van der Waals surface area contributed by atoms with Gasteiger partial charge in [-0.15, -0.1) is 0 Å². The quantitative estimate of drug-likeness (QED) is 0.474. The number of benzene rings is 1. The van der Waals surface area contributed by atoms with Gasteiger partial charge in [0.25, 0.3) is 5.91 Å². The van der Waals surface area contributed by atoms with Gasteiger partial charge in [-0.2, -0.15) is 0 Å². The highest BCUT2D eigenvalue weighted by Crippen LogP contribution is 2.24. The summed E-state index contributed by atoms with van der Waals surface area (Å²) in [6.45, 7) is 0. The Morgan fingerprint density at radius 2 is 1.78 bits per heavy atom. The van der Waals surface area contributed by atoms with Crippen LogP contribution < -0.4 is 10.9 Å². The molecule has 23 heavy (non-hydrogen) atoms. The molecule has 2 rings (SSSR count). The Bertz CT molecular complexity index is 513. The molecule has 1 aliphatic rings. The number of halogens is 1. The number of nitrogens with one attached hydrogen (secondary N) is 2. The van der Waals surface area contributed by atoms with Crippen LogP contribution in [0.15, 0.2) is 28.7 Å². The van der Waals surface area contributed by atoms with Gasteiger partial charge in [-0.05, 0) is 37.1 Å². The zero-order valence-electron chi connectivity index (χ0n) is 13.0. The van der Waals surface area contributed by atoms with Crippen molar-refractivity contribution in [1.29, 1.82) is 0 Å². The molecular formula is C16H21BrN2O4. The van der Waals surface area contributed by atoms with Crippen LogP contribution in [0.5, 0.6) is 0 Å². The lowest BCUT2D eigenvalue weighted by Crippen LogP contribution is -2.36. The lowest BCUT2D eigenvalue weighted by Gasteiger charge is -2.18. The summed E-state index contributed by atoms with van der Waals surface area (Å²) in [5.74, 6) is -0.155. The average Bonchev–Trinajstić information content (AvgIpc) is 2.61. The van der Waals surface area contributed by atoms with Gasteiger partial charge in [-0.3, -0.25) is 25.2 Å². The van der Waals surface area contributed by atoms with Crippen LogP contribution in [0, 0.1) is 5.92 Å². The van der Waals surface area contributed by atoms with Crippen molar-refractivity contribution in [3.8, 4) is 0 Å². The third kappa shape index (κ3) is 7.27. The molecule has 0 saturated heterocycles. The summed E-state index contributed by atoms with van der Waals surface area (Å²) in [6, 6.07) is 6.78. The zero-order chi connectivity index (χ0) is 17.1. The van der Waals surface area contributed by atoms with E-state index in [2.05, 4.69) is 31.5 Å². The molecule has 2 N–H and O–H groups in total. The third-order valence-electron chi connectivity index (χ3n) is 3.49. The van der Waals surface area contributed by atoms with Crippen molar-refractivity contribution in [2.24, 2.45) is 5.92 Å². The van der Waals surface area contributed by atoms with E-state index in [0.29, 0.717) is 12.0 Å². The predicted molar refractivity (Wildman–Crippen MR) is 89.4 cm³/mol. The Labute approximate surface area is 144 Å². The van der Waals surface area contributed by atoms with Gasteiger partial charge in [0.2, 0.25) is 6.41 Å². The largest absolute Gasteiger partial charge is 0.469 e. The minimum Gasteiger partial charge on any atom is -0.469 e. The second-order valence-electron chi connectivity index (χ2n) is 5.08. The zero-order valence-corrected chi connectivity index (χ0v) is 14.6. The van der Waals surface area contributed by atoms with Gasteiger partial charge in [0.05, 0.1) is 13.0 Å². The summed E-state index contributed by atoms with van der Waals surface area (Å²) in [4.78, 5) is 32.0. The standard InChI is InChI=1S/C8H7BrN2O2.C8H14O2/c9-7-3-1-6(2-4-7)8(13)11-10-5-12;1-10-8(9)7-5-3-2-4-6-7/h1-5H,(H,10,12)(H,11,13);7H,2-6H2,1H3. The number of hydrogen-bond acceptors (Lipinski definition) is 4. The molecule has 1 aromatic rings. The molecule has 0 bridgehead atoms. The molecule has 0 unspecified atom stereocenters. The molecule has 0 radical (unpaired) electrons. The fourth-order valence-electron chi connectivity index (χ4n) is 2.27. The first-order valence-corrected chi connectivity index (χ1v) is 8.20. The predicted octanol–water partition coefficient (Wildman–Crippen LogP) is 2.58. The molecule has 1 aromatic carbocycles. The van der Waals surface area contributed by atoms with Crippen molar-refractivity contribution < 1.29 is 19.1 Å². The highest BCUT2D eigenvalue weighted by molar-refractivity contribution is 9.10. The van der Waals surface area contributed by atoms with E-state index < -0.39 is 0 Å². The smallest absolute Gasteiger partial charge is 0.308 e. The topological polar surface area (TPSA) is 84.5 Å². The van der Waals surface area contributed by atoms with Gasteiger partial charge in [-0.25, -0.2) is 0 Å². The third-order valence-corrected chi connectivity index (χ3v) is 4.02. The Morgan fingerprint density at radius 1 is 1.17 bits per heavy atom.